The van der Waals surface area contributed by atoms with Crippen LogP contribution in [-0.2, 0) is 27.4 Å². The van der Waals surface area contributed by atoms with E-state index in [-0.39, 0.29) is 13.0 Å². The van der Waals surface area contributed by atoms with Gasteiger partial charge < -0.3 is 20.1 Å². The van der Waals surface area contributed by atoms with Crippen molar-refractivity contribution in [3.05, 3.63) is 71.8 Å². The number of amides is 2. The highest BCUT2D eigenvalue weighted by Gasteiger charge is 2.37. The van der Waals surface area contributed by atoms with E-state index in [0.717, 1.165) is 11.1 Å². The molecule has 0 spiro atoms. The zero-order valence-corrected chi connectivity index (χ0v) is 16.0. The number of rotatable bonds is 7. The summed E-state index contributed by atoms with van der Waals surface area (Å²) in [5, 5.41) is 12.0. The second-order valence-corrected chi connectivity index (χ2v) is 6.98. The number of carbonyl (C=O) groups is 3. The van der Waals surface area contributed by atoms with Crippen LogP contribution in [0.4, 0.5) is 4.79 Å². The highest BCUT2D eigenvalue weighted by Crippen LogP contribution is 2.19. The molecule has 1 saturated heterocycles. The Bertz CT molecular complexity index is 841. The molecule has 2 aromatic rings. The summed E-state index contributed by atoms with van der Waals surface area (Å²) in [7, 11) is 0. The summed E-state index contributed by atoms with van der Waals surface area (Å²) >= 11 is 0. The number of nitrogens with one attached hydrogen (secondary N) is 1. The third kappa shape index (κ3) is 5.57. The number of aliphatic carboxylic acids is 1. The predicted molar refractivity (Wildman–Crippen MR) is 106 cm³/mol. The minimum absolute atomic E-state index is 0.0837. The second-order valence-electron chi connectivity index (χ2n) is 6.98. The minimum Gasteiger partial charge on any atom is -0.480 e. The molecule has 1 aliphatic heterocycles. The smallest absolute Gasteiger partial charge is 0.408 e. The summed E-state index contributed by atoms with van der Waals surface area (Å²) in [6, 6.07) is 16.7. The average Bonchev–Trinajstić information content (AvgIpc) is 3.23. The summed E-state index contributed by atoms with van der Waals surface area (Å²) in [6.45, 7) is 0.447. The van der Waals surface area contributed by atoms with Crippen LogP contribution in [0.15, 0.2) is 60.7 Å². The van der Waals surface area contributed by atoms with Crippen molar-refractivity contribution >= 4 is 18.0 Å². The summed E-state index contributed by atoms with van der Waals surface area (Å²) in [6.07, 6.45) is 0.578. The first-order valence-corrected chi connectivity index (χ1v) is 9.59. The zero-order chi connectivity index (χ0) is 20.6. The van der Waals surface area contributed by atoms with Crippen LogP contribution in [0, 0.1) is 0 Å². The molecule has 0 bridgehead atoms. The molecule has 1 unspecified atom stereocenters. The minimum atomic E-state index is -1.03. The van der Waals surface area contributed by atoms with Crippen molar-refractivity contribution in [2.24, 2.45) is 0 Å². The van der Waals surface area contributed by atoms with Crippen molar-refractivity contribution in [3.63, 3.8) is 0 Å². The number of ether oxygens (including phenoxy) is 1. The molecule has 0 aliphatic carbocycles. The number of alkyl carbamates (subject to hydrolysis) is 1. The largest absolute Gasteiger partial charge is 0.480 e. The fourth-order valence-corrected chi connectivity index (χ4v) is 3.44. The van der Waals surface area contributed by atoms with Gasteiger partial charge in [-0.05, 0) is 24.0 Å². The molecule has 2 atom stereocenters. The lowest BCUT2D eigenvalue weighted by atomic mass is 10.0. The number of carboxylic acid groups (broad SMARTS) is 1. The number of hydrogen-bond donors (Lipinski definition) is 2. The van der Waals surface area contributed by atoms with Gasteiger partial charge in [0.15, 0.2) is 0 Å². The molecule has 0 radical (unpaired) electrons. The Kier molecular flexibility index (Phi) is 6.84. The topological polar surface area (TPSA) is 95.9 Å². The first-order chi connectivity index (χ1) is 14.0. The zero-order valence-electron chi connectivity index (χ0n) is 16.0. The normalized spacial score (nSPS) is 16.8. The lowest BCUT2D eigenvalue weighted by Crippen LogP contribution is -2.52. The van der Waals surface area contributed by atoms with E-state index in [1.807, 2.05) is 60.7 Å². The van der Waals surface area contributed by atoms with Crippen molar-refractivity contribution in [3.8, 4) is 0 Å². The molecule has 2 N–H and O–H groups in total. The van der Waals surface area contributed by atoms with E-state index in [9.17, 15) is 19.5 Å². The van der Waals surface area contributed by atoms with Gasteiger partial charge in [0.05, 0.1) is 0 Å². The van der Waals surface area contributed by atoms with Crippen LogP contribution in [0.1, 0.15) is 24.0 Å². The van der Waals surface area contributed by atoms with Crippen LogP contribution in [0.2, 0.25) is 0 Å². The fourth-order valence-electron chi connectivity index (χ4n) is 3.44. The number of hydrogen-bond acceptors (Lipinski definition) is 4. The summed E-state index contributed by atoms with van der Waals surface area (Å²) in [5.41, 5.74) is 1.69. The number of carbonyl (C=O) groups excluding carboxylic acids is 2. The van der Waals surface area contributed by atoms with Crippen LogP contribution < -0.4 is 5.32 Å². The Morgan fingerprint density at radius 1 is 1.03 bits per heavy atom. The highest BCUT2D eigenvalue weighted by molar-refractivity contribution is 5.90. The third-order valence-electron chi connectivity index (χ3n) is 4.91. The molecule has 29 heavy (non-hydrogen) atoms. The molecule has 2 aromatic carbocycles. The van der Waals surface area contributed by atoms with E-state index >= 15 is 0 Å². The molecule has 1 aliphatic rings. The van der Waals surface area contributed by atoms with Gasteiger partial charge in [-0.2, -0.15) is 0 Å². The van der Waals surface area contributed by atoms with E-state index in [1.54, 1.807) is 0 Å². The van der Waals surface area contributed by atoms with Crippen molar-refractivity contribution < 1.29 is 24.2 Å². The quantitative estimate of drug-likeness (QED) is 0.750. The Labute approximate surface area is 169 Å². The molecule has 1 heterocycles. The lowest BCUT2D eigenvalue weighted by molar-refractivity contribution is -0.148. The Morgan fingerprint density at radius 2 is 1.66 bits per heavy atom. The van der Waals surface area contributed by atoms with E-state index in [0.29, 0.717) is 19.4 Å². The molecule has 1 fully saturated rings. The molecule has 7 heteroatoms. The van der Waals surface area contributed by atoms with E-state index in [1.165, 1.54) is 4.90 Å². The van der Waals surface area contributed by atoms with Gasteiger partial charge in [0.25, 0.3) is 0 Å². The molecule has 3 rings (SSSR count). The number of nitrogens with zero attached hydrogens (tertiary/aromatic N) is 1. The molecule has 0 aromatic heterocycles. The van der Waals surface area contributed by atoms with Crippen LogP contribution in [0.3, 0.4) is 0 Å². The fraction of sp³-hybridized carbons (Fsp3) is 0.318. The second kappa shape index (κ2) is 9.73. The summed E-state index contributed by atoms with van der Waals surface area (Å²) in [5.74, 6) is -1.43. The van der Waals surface area contributed by atoms with E-state index in [4.69, 9.17) is 4.74 Å². The van der Waals surface area contributed by atoms with E-state index in [2.05, 4.69) is 5.32 Å². The number of carboxylic acids is 1. The summed E-state index contributed by atoms with van der Waals surface area (Å²) in [4.78, 5) is 38.2. The highest BCUT2D eigenvalue weighted by atomic mass is 16.5. The van der Waals surface area contributed by atoms with Crippen molar-refractivity contribution in [2.75, 3.05) is 6.54 Å². The standard InChI is InChI=1S/C22H24N2O5/c25-20(24-13-7-12-19(24)21(26)27)18(14-16-8-3-1-4-9-16)23-22(28)29-15-17-10-5-2-6-11-17/h1-6,8-11,18-19H,7,12-15H2,(H,23,28)(H,26,27)/t18-,19?/m0/s1. The van der Waals surface area contributed by atoms with Gasteiger partial charge in [-0.15, -0.1) is 0 Å². The Hall–Kier alpha value is -3.35. The Balaban J connectivity index is 1.69. The Morgan fingerprint density at radius 3 is 2.28 bits per heavy atom. The van der Waals surface area contributed by atoms with Crippen molar-refractivity contribution in [1.82, 2.24) is 10.2 Å². The van der Waals surface area contributed by atoms with Gasteiger partial charge in [-0.25, -0.2) is 9.59 Å². The third-order valence-corrected chi connectivity index (χ3v) is 4.91. The maximum atomic E-state index is 13.1. The van der Waals surface area contributed by atoms with Crippen LogP contribution >= 0.6 is 0 Å². The molecule has 2 amide bonds. The van der Waals surface area contributed by atoms with Gasteiger partial charge in [0, 0.05) is 13.0 Å². The molecule has 0 saturated carbocycles. The lowest BCUT2D eigenvalue weighted by Gasteiger charge is -2.27. The molecular formula is C22H24N2O5. The van der Waals surface area contributed by atoms with Crippen LogP contribution in [-0.4, -0.2) is 46.6 Å². The number of likely N-dealkylation sites (tertiary alicyclic amines) is 1. The average molecular weight is 396 g/mol. The first-order valence-electron chi connectivity index (χ1n) is 9.59. The maximum Gasteiger partial charge on any atom is 0.408 e. The van der Waals surface area contributed by atoms with Crippen molar-refractivity contribution in [1.29, 1.82) is 0 Å². The monoisotopic (exact) mass is 396 g/mol. The van der Waals surface area contributed by atoms with Gasteiger partial charge in [0.2, 0.25) is 5.91 Å². The summed E-state index contributed by atoms with van der Waals surface area (Å²) < 4.78 is 5.25. The van der Waals surface area contributed by atoms with Crippen LogP contribution in [0.5, 0.6) is 0 Å². The predicted octanol–water partition coefficient (Wildman–Crippen LogP) is 2.60. The van der Waals surface area contributed by atoms with Crippen LogP contribution in [0.25, 0.3) is 0 Å². The molecule has 152 valence electrons. The first kappa shape index (κ1) is 20.4. The van der Waals surface area contributed by atoms with E-state index < -0.39 is 30.1 Å². The molecular weight excluding hydrogens is 372 g/mol. The number of benzene rings is 2. The van der Waals surface area contributed by atoms with Gasteiger partial charge in [-0.3, -0.25) is 4.79 Å². The van der Waals surface area contributed by atoms with Gasteiger partial charge in [-0.1, -0.05) is 60.7 Å². The van der Waals surface area contributed by atoms with Gasteiger partial charge >= 0.3 is 12.1 Å². The van der Waals surface area contributed by atoms with Gasteiger partial charge in [0.1, 0.15) is 18.7 Å². The molecule has 7 nitrogen and oxygen atoms in total. The van der Waals surface area contributed by atoms with Crippen molar-refractivity contribution in [2.45, 2.75) is 38.0 Å². The maximum absolute atomic E-state index is 13.1. The SMILES string of the molecule is O=C(N[C@@H](Cc1ccccc1)C(=O)N1CCCC1C(=O)O)OCc1ccccc1.